The lowest BCUT2D eigenvalue weighted by Gasteiger charge is -2.08. The monoisotopic (exact) mass is 267 g/mol. The Bertz CT molecular complexity index is 445. The predicted octanol–water partition coefficient (Wildman–Crippen LogP) is 1.13. The number of thiophene rings is 1. The Morgan fingerprint density at radius 1 is 1.67 bits per heavy atom. The molecule has 0 bridgehead atoms. The third-order valence-corrected chi connectivity index (χ3v) is 3.22. The minimum absolute atomic E-state index is 0.0783. The fourth-order valence-electron chi connectivity index (χ4n) is 1.18. The summed E-state index contributed by atoms with van der Waals surface area (Å²) in [4.78, 5) is 12.5. The average Bonchev–Trinajstić information content (AvgIpc) is 2.83. The maximum absolute atomic E-state index is 11.5. The van der Waals surface area contributed by atoms with Crippen molar-refractivity contribution in [1.29, 1.82) is 0 Å². The SMILES string of the molecule is COC(C)C(=O)NCc1cc(C#CCCO)cs1. The summed E-state index contributed by atoms with van der Waals surface area (Å²) in [6.07, 6.45) is 0.0431. The Labute approximate surface area is 111 Å². The van der Waals surface area contributed by atoms with Crippen LogP contribution in [0.2, 0.25) is 0 Å². The van der Waals surface area contributed by atoms with Gasteiger partial charge >= 0.3 is 0 Å². The molecule has 0 spiro atoms. The molecule has 1 rings (SSSR count). The van der Waals surface area contributed by atoms with Gasteiger partial charge in [0.05, 0.1) is 13.2 Å². The summed E-state index contributed by atoms with van der Waals surface area (Å²) in [6.45, 7) is 2.27. The number of rotatable bonds is 5. The maximum Gasteiger partial charge on any atom is 0.249 e. The second kappa shape index (κ2) is 7.88. The molecule has 1 atom stereocenters. The van der Waals surface area contributed by atoms with Crippen LogP contribution in [0.15, 0.2) is 11.4 Å². The Balaban J connectivity index is 2.45. The molecule has 98 valence electrons. The zero-order chi connectivity index (χ0) is 13.4. The minimum Gasteiger partial charge on any atom is -0.395 e. The van der Waals surface area contributed by atoms with Crippen molar-refractivity contribution in [2.24, 2.45) is 0 Å². The summed E-state index contributed by atoms with van der Waals surface area (Å²) < 4.78 is 4.92. The predicted molar refractivity (Wildman–Crippen MR) is 71.2 cm³/mol. The molecule has 0 aliphatic carbocycles. The summed E-state index contributed by atoms with van der Waals surface area (Å²) in [5.41, 5.74) is 0.914. The molecule has 0 radical (unpaired) electrons. The second-order valence-corrected chi connectivity index (χ2v) is 4.67. The van der Waals surface area contributed by atoms with Crippen molar-refractivity contribution in [3.05, 3.63) is 21.9 Å². The van der Waals surface area contributed by atoms with Crippen LogP contribution in [0, 0.1) is 11.8 Å². The number of hydrogen-bond acceptors (Lipinski definition) is 4. The van der Waals surface area contributed by atoms with Gasteiger partial charge in [0.1, 0.15) is 6.10 Å². The highest BCUT2D eigenvalue weighted by molar-refractivity contribution is 7.10. The van der Waals surface area contributed by atoms with E-state index in [2.05, 4.69) is 17.2 Å². The van der Waals surface area contributed by atoms with Crippen LogP contribution in [0.25, 0.3) is 0 Å². The molecule has 0 saturated carbocycles. The average molecular weight is 267 g/mol. The molecule has 0 saturated heterocycles. The molecule has 18 heavy (non-hydrogen) atoms. The van der Waals surface area contributed by atoms with Gasteiger partial charge in [-0.05, 0) is 13.0 Å². The summed E-state index contributed by atoms with van der Waals surface area (Å²) in [5.74, 6) is 5.68. The molecule has 1 aromatic rings. The standard InChI is InChI=1S/C13H17NO3S/c1-10(17-2)13(16)14-8-12-7-11(9-18-12)5-3-4-6-15/h7,9-10,15H,4,6,8H2,1-2H3,(H,14,16). The lowest BCUT2D eigenvalue weighted by atomic mass is 10.3. The fraction of sp³-hybridized carbons (Fsp3) is 0.462. The van der Waals surface area contributed by atoms with E-state index < -0.39 is 6.10 Å². The van der Waals surface area contributed by atoms with Crippen LogP contribution >= 0.6 is 11.3 Å². The van der Waals surface area contributed by atoms with Gasteiger partial charge in [0.2, 0.25) is 5.91 Å². The van der Waals surface area contributed by atoms with E-state index in [9.17, 15) is 4.79 Å². The Hall–Kier alpha value is -1.35. The van der Waals surface area contributed by atoms with Gasteiger partial charge in [0.15, 0.2) is 0 Å². The third kappa shape index (κ3) is 4.88. The molecule has 0 aliphatic rings. The van der Waals surface area contributed by atoms with Gasteiger partial charge in [-0.2, -0.15) is 0 Å². The van der Waals surface area contributed by atoms with Crippen LogP contribution < -0.4 is 5.32 Å². The number of ether oxygens (including phenoxy) is 1. The molecule has 1 amide bonds. The van der Waals surface area contributed by atoms with E-state index in [0.717, 1.165) is 10.4 Å². The Kier molecular flexibility index (Phi) is 6.44. The molecule has 1 heterocycles. The normalized spacial score (nSPS) is 11.5. The summed E-state index contributed by atoms with van der Waals surface area (Å²) in [5, 5.41) is 13.3. The van der Waals surface area contributed by atoms with Crippen molar-refractivity contribution >= 4 is 17.2 Å². The van der Waals surface area contributed by atoms with E-state index in [1.807, 2.05) is 11.4 Å². The number of methoxy groups -OCH3 is 1. The number of nitrogens with one attached hydrogen (secondary N) is 1. The lowest BCUT2D eigenvalue weighted by molar-refractivity contribution is -0.130. The zero-order valence-electron chi connectivity index (χ0n) is 10.5. The van der Waals surface area contributed by atoms with Gasteiger partial charge in [-0.1, -0.05) is 11.8 Å². The van der Waals surface area contributed by atoms with Crippen LogP contribution in [-0.4, -0.2) is 30.8 Å². The first-order chi connectivity index (χ1) is 8.67. The number of carbonyl (C=O) groups excluding carboxylic acids is 1. The van der Waals surface area contributed by atoms with Crippen molar-refractivity contribution in [2.75, 3.05) is 13.7 Å². The van der Waals surface area contributed by atoms with E-state index in [1.54, 1.807) is 18.3 Å². The largest absolute Gasteiger partial charge is 0.395 e. The van der Waals surface area contributed by atoms with Crippen molar-refractivity contribution in [3.63, 3.8) is 0 Å². The Morgan fingerprint density at radius 3 is 3.11 bits per heavy atom. The van der Waals surface area contributed by atoms with Crippen molar-refractivity contribution < 1.29 is 14.6 Å². The zero-order valence-corrected chi connectivity index (χ0v) is 11.3. The highest BCUT2D eigenvalue weighted by Crippen LogP contribution is 2.13. The number of aliphatic hydroxyl groups excluding tert-OH is 1. The lowest BCUT2D eigenvalue weighted by Crippen LogP contribution is -2.33. The highest BCUT2D eigenvalue weighted by atomic mass is 32.1. The van der Waals surface area contributed by atoms with Crippen LogP contribution in [0.1, 0.15) is 23.8 Å². The first-order valence-corrected chi connectivity index (χ1v) is 6.53. The van der Waals surface area contributed by atoms with Gasteiger partial charge in [-0.3, -0.25) is 4.79 Å². The number of aliphatic hydroxyl groups is 1. The topological polar surface area (TPSA) is 58.6 Å². The molecular formula is C13H17NO3S. The van der Waals surface area contributed by atoms with Crippen molar-refractivity contribution in [3.8, 4) is 11.8 Å². The number of amides is 1. The van der Waals surface area contributed by atoms with E-state index in [1.165, 1.54) is 7.11 Å². The van der Waals surface area contributed by atoms with Gasteiger partial charge in [-0.15, -0.1) is 11.3 Å². The van der Waals surface area contributed by atoms with Crippen LogP contribution in [0.3, 0.4) is 0 Å². The first kappa shape index (κ1) is 14.7. The van der Waals surface area contributed by atoms with Crippen LogP contribution in [0.5, 0.6) is 0 Å². The third-order valence-electron chi connectivity index (χ3n) is 2.28. The first-order valence-electron chi connectivity index (χ1n) is 5.65. The maximum atomic E-state index is 11.5. The molecule has 4 nitrogen and oxygen atoms in total. The van der Waals surface area contributed by atoms with Gasteiger partial charge in [0.25, 0.3) is 0 Å². The van der Waals surface area contributed by atoms with E-state index in [-0.39, 0.29) is 12.5 Å². The summed E-state index contributed by atoms with van der Waals surface area (Å²) in [6, 6.07) is 1.94. The molecule has 0 aliphatic heterocycles. The highest BCUT2D eigenvalue weighted by Gasteiger charge is 2.10. The van der Waals surface area contributed by atoms with Crippen molar-refractivity contribution in [2.45, 2.75) is 26.0 Å². The minimum atomic E-state index is -0.436. The van der Waals surface area contributed by atoms with E-state index in [4.69, 9.17) is 9.84 Å². The molecule has 5 heteroatoms. The molecule has 1 unspecified atom stereocenters. The number of hydrogen-bond donors (Lipinski definition) is 2. The van der Waals surface area contributed by atoms with Crippen molar-refractivity contribution in [1.82, 2.24) is 5.32 Å². The van der Waals surface area contributed by atoms with Gasteiger partial charge < -0.3 is 15.2 Å². The van der Waals surface area contributed by atoms with Crippen LogP contribution in [-0.2, 0) is 16.1 Å². The van der Waals surface area contributed by atoms with Crippen LogP contribution in [0.4, 0.5) is 0 Å². The smallest absolute Gasteiger partial charge is 0.249 e. The molecule has 0 aromatic carbocycles. The quantitative estimate of drug-likeness (QED) is 0.786. The molecule has 1 aromatic heterocycles. The molecule has 0 fully saturated rings. The van der Waals surface area contributed by atoms with Gasteiger partial charge in [-0.25, -0.2) is 0 Å². The van der Waals surface area contributed by atoms with Gasteiger partial charge in [0, 0.05) is 29.4 Å². The molecule has 2 N–H and O–H groups in total. The molecular weight excluding hydrogens is 250 g/mol. The Morgan fingerprint density at radius 2 is 2.44 bits per heavy atom. The summed E-state index contributed by atoms with van der Waals surface area (Å²) >= 11 is 1.55. The second-order valence-electron chi connectivity index (χ2n) is 3.67. The fourth-order valence-corrected chi connectivity index (χ4v) is 1.94. The number of carbonyl (C=O) groups is 1. The van der Waals surface area contributed by atoms with E-state index >= 15 is 0 Å². The summed E-state index contributed by atoms with van der Waals surface area (Å²) in [7, 11) is 1.50. The van der Waals surface area contributed by atoms with E-state index in [0.29, 0.717) is 13.0 Å².